The van der Waals surface area contributed by atoms with E-state index in [0.29, 0.717) is 0 Å². The summed E-state index contributed by atoms with van der Waals surface area (Å²) in [5, 5.41) is 0. The van der Waals surface area contributed by atoms with E-state index in [4.69, 9.17) is 18.9 Å². The van der Waals surface area contributed by atoms with E-state index in [1.165, 1.54) is 16.9 Å². The number of methoxy groups -OCH3 is 2. The number of nitrogens with zero attached hydrogens (tertiary/aromatic N) is 2. The lowest BCUT2D eigenvalue weighted by Crippen LogP contribution is -2.36. The molecule has 0 saturated carbocycles. The molecule has 2 fully saturated rings. The van der Waals surface area contributed by atoms with Crippen LogP contribution >= 0.6 is 0 Å². The summed E-state index contributed by atoms with van der Waals surface area (Å²) in [4.78, 5) is 4.64. The van der Waals surface area contributed by atoms with Gasteiger partial charge < -0.3 is 28.7 Å². The second-order valence-electron chi connectivity index (χ2n) is 7.05. The molecule has 2 saturated heterocycles. The van der Waals surface area contributed by atoms with Gasteiger partial charge in [0, 0.05) is 49.7 Å². The van der Waals surface area contributed by atoms with Gasteiger partial charge in [-0.3, -0.25) is 0 Å². The second-order valence-corrected chi connectivity index (χ2v) is 7.05. The molecule has 6 nitrogen and oxygen atoms in total. The van der Waals surface area contributed by atoms with Gasteiger partial charge in [-0.05, 0) is 30.7 Å². The van der Waals surface area contributed by atoms with Gasteiger partial charge in [0.1, 0.15) is 11.5 Å². The van der Waals surface area contributed by atoms with E-state index in [1.807, 2.05) is 12.1 Å². The summed E-state index contributed by atoms with van der Waals surface area (Å²) >= 11 is 0. The average molecular weight is 401 g/mol. The van der Waals surface area contributed by atoms with E-state index in [0.717, 1.165) is 64.1 Å². The molecule has 2 aromatic rings. The molecule has 29 heavy (non-hydrogen) atoms. The van der Waals surface area contributed by atoms with Crippen molar-refractivity contribution in [1.29, 1.82) is 0 Å². The van der Waals surface area contributed by atoms with Crippen molar-refractivity contribution in [2.45, 2.75) is 6.92 Å². The molecule has 6 heteroatoms. The quantitative estimate of drug-likeness (QED) is 0.784. The van der Waals surface area contributed by atoms with E-state index in [2.05, 4.69) is 47.1 Å². The Balaban J connectivity index is 0.000000166. The molecule has 0 amide bonds. The van der Waals surface area contributed by atoms with Crippen LogP contribution in [0.4, 0.5) is 11.4 Å². The molecular weight excluding hydrogens is 368 g/mol. The van der Waals surface area contributed by atoms with Gasteiger partial charge in [-0.15, -0.1) is 0 Å². The topological polar surface area (TPSA) is 43.4 Å². The molecule has 0 aliphatic carbocycles. The Morgan fingerprint density at radius 3 is 1.86 bits per heavy atom. The molecule has 0 bridgehead atoms. The summed E-state index contributed by atoms with van der Waals surface area (Å²) in [6.45, 7) is 9.18. The van der Waals surface area contributed by atoms with Crippen LogP contribution in [-0.4, -0.2) is 66.8 Å². The first-order valence-corrected chi connectivity index (χ1v) is 10.2. The van der Waals surface area contributed by atoms with Gasteiger partial charge in [-0.25, -0.2) is 0 Å². The highest BCUT2D eigenvalue weighted by Crippen LogP contribution is 2.25. The van der Waals surface area contributed by atoms with Gasteiger partial charge in [-0.1, -0.05) is 12.1 Å². The molecule has 0 N–H and O–H groups in total. The molecule has 0 unspecified atom stereocenters. The third kappa shape index (κ3) is 6.02. The zero-order valence-corrected chi connectivity index (χ0v) is 17.7. The zero-order chi connectivity index (χ0) is 20.5. The third-order valence-electron chi connectivity index (χ3n) is 5.20. The predicted molar refractivity (Wildman–Crippen MR) is 117 cm³/mol. The number of benzene rings is 2. The Morgan fingerprint density at radius 1 is 0.724 bits per heavy atom. The molecule has 2 heterocycles. The van der Waals surface area contributed by atoms with Crippen LogP contribution in [0.3, 0.4) is 0 Å². The molecule has 4 rings (SSSR count). The van der Waals surface area contributed by atoms with E-state index in [9.17, 15) is 0 Å². The lowest BCUT2D eigenvalue weighted by molar-refractivity contribution is 0.122. The first-order valence-electron chi connectivity index (χ1n) is 10.2. The largest absolute Gasteiger partial charge is 0.497 e. The maximum atomic E-state index is 5.33. The van der Waals surface area contributed by atoms with Gasteiger partial charge in [0.05, 0.1) is 40.6 Å². The number of aryl methyl sites for hydroxylation is 1. The molecule has 0 atom stereocenters. The Bertz CT molecular complexity index is 756. The summed E-state index contributed by atoms with van der Waals surface area (Å²) in [7, 11) is 3.41. The second kappa shape index (κ2) is 10.9. The van der Waals surface area contributed by atoms with E-state index >= 15 is 0 Å². The maximum Gasteiger partial charge on any atom is 0.123 e. The van der Waals surface area contributed by atoms with Crippen LogP contribution in [0, 0.1) is 6.92 Å². The highest BCUT2D eigenvalue weighted by Gasteiger charge is 2.12. The Labute approximate surface area is 173 Å². The minimum Gasteiger partial charge on any atom is -0.497 e. The number of ether oxygens (including phenoxy) is 4. The van der Waals surface area contributed by atoms with E-state index < -0.39 is 0 Å². The highest BCUT2D eigenvalue weighted by atomic mass is 16.5. The third-order valence-corrected chi connectivity index (χ3v) is 5.20. The van der Waals surface area contributed by atoms with Crippen molar-refractivity contribution in [2.24, 2.45) is 0 Å². The molecule has 2 aliphatic heterocycles. The maximum absolute atomic E-state index is 5.33. The van der Waals surface area contributed by atoms with Crippen LogP contribution in [0.15, 0.2) is 42.5 Å². The molecular formula is C23H32N2O4. The van der Waals surface area contributed by atoms with Crippen LogP contribution in [0.25, 0.3) is 0 Å². The van der Waals surface area contributed by atoms with E-state index in [-0.39, 0.29) is 0 Å². The smallest absolute Gasteiger partial charge is 0.123 e. The van der Waals surface area contributed by atoms with Crippen molar-refractivity contribution in [3.63, 3.8) is 0 Å². The van der Waals surface area contributed by atoms with Crippen LogP contribution < -0.4 is 19.3 Å². The highest BCUT2D eigenvalue weighted by molar-refractivity contribution is 5.54. The summed E-state index contributed by atoms with van der Waals surface area (Å²) < 4.78 is 21.1. The predicted octanol–water partition coefficient (Wildman–Crippen LogP) is 3.37. The van der Waals surface area contributed by atoms with Crippen LogP contribution in [-0.2, 0) is 9.47 Å². The van der Waals surface area contributed by atoms with Crippen molar-refractivity contribution in [3.8, 4) is 11.5 Å². The van der Waals surface area contributed by atoms with Gasteiger partial charge in [-0.2, -0.15) is 0 Å². The molecule has 0 radical (unpaired) electrons. The van der Waals surface area contributed by atoms with Crippen LogP contribution in [0.1, 0.15) is 5.56 Å². The zero-order valence-electron chi connectivity index (χ0n) is 17.7. The fraction of sp³-hybridized carbons (Fsp3) is 0.478. The van der Waals surface area contributed by atoms with E-state index in [1.54, 1.807) is 14.2 Å². The van der Waals surface area contributed by atoms with Crippen molar-refractivity contribution < 1.29 is 18.9 Å². The van der Waals surface area contributed by atoms with Crippen molar-refractivity contribution >= 4 is 11.4 Å². The fourth-order valence-corrected chi connectivity index (χ4v) is 3.46. The summed E-state index contributed by atoms with van der Waals surface area (Å²) in [6, 6.07) is 14.5. The lowest BCUT2D eigenvalue weighted by atomic mass is 10.2. The molecule has 2 aromatic carbocycles. The first kappa shape index (κ1) is 21.3. The Kier molecular flexibility index (Phi) is 8.02. The number of hydrogen-bond acceptors (Lipinski definition) is 6. The molecule has 158 valence electrons. The molecule has 0 aromatic heterocycles. The van der Waals surface area contributed by atoms with Gasteiger partial charge in [0.15, 0.2) is 0 Å². The number of hydrogen-bond donors (Lipinski definition) is 0. The van der Waals surface area contributed by atoms with Gasteiger partial charge >= 0.3 is 0 Å². The standard InChI is InChI=1S/C12H17NO2.C11H15NO2/c1-10-3-4-11(9-12(10)14-2)13-5-7-15-8-6-13;1-13-11-4-2-3-10(9-11)12-5-7-14-8-6-12/h3-4,9H,5-8H2,1-2H3;2-4,9H,5-8H2,1H3. The monoisotopic (exact) mass is 400 g/mol. The van der Waals surface area contributed by atoms with Gasteiger partial charge in [0.25, 0.3) is 0 Å². The Morgan fingerprint density at radius 2 is 1.31 bits per heavy atom. The average Bonchev–Trinajstić information content (AvgIpc) is 2.81. The Hall–Kier alpha value is -2.44. The first-order chi connectivity index (χ1) is 14.2. The lowest BCUT2D eigenvalue weighted by Gasteiger charge is -2.29. The minimum absolute atomic E-state index is 0.816. The number of anilines is 2. The fourth-order valence-electron chi connectivity index (χ4n) is 3.46. The SMILES string of the molecule is COc1cc(N2CCOCC2)ccc1C.COc1cccc(N2CCOCC2)c1. The van der Waals surface area contributed by atoms with Gasteiger partial charge in [0.2, 0.25) is 0 Å². The molecule has 0 spiro atoms. The van der Waals surface area contributed by atoms with Crippen molar-refractivity contribution in [3.05, 3.63) is 48.0 Å². The van der Waals surface area contributed by atoms with Crippen molar-refractivity contribution in [2.75, 3.05) is 76.6 Å². The number of morpholine rings is 2. The number of rotatable bonds is 4. The van der Waals surface area contributed by atoms with Crippen LogP contribution in [0.5, 0.6) is 11.5 Å². The summed E-state index contributed by atoms with van der Waals surface area (Å²) in [5.41, 5.74) is 3.61. The normalized spacial score (nSPS) is 16.7. The molecule has 2 aliphatic rings. The minimum atomic E-state index is 0.816. The summed E-state index contributed by atoms with van der Waals surface area (Å²) in [6.07, 6.45) is 0. The van der Waals surface area contributed by atoms with Crippen molar-refractivity contribution in [1.82, 2.24) is 0 Å². The summed E-state index contributed by atoms with van der Waals surface area (Å²) in [5.74, 6) is 1.87. The van der Waals surface area contributed by atoms with Crippen LogP contribution in [0.2, 0.25) is 0 Å².